The van der Waals surface area contributed by atoms with Gasteiger partial charge in [0.05, 0.1) is 5.92 Å². The molecule has 0 aromatic heterocycles. The van der Waals surface area contributed by atoms with Gasteiger partial charge in [-0.25, -0.2) is 0 Å². The zero-order chi connectivity index (χ0) is 13.4. The molecule has 0 aliphatic heterocycles. The number of hydrogen-bond donors (Lipinski definition) is 0. The lowest BCUT2D eigenvalue weighted by Crippen LogP contribution is -2.36. The number of nitrogens with zero attached hydrogens (tertiary/aromatic N) is 1. The smallest absolute Gasteiger partial charge is 0.230 e. The highest BCUT2D eigenvalue weighted by atomic mass is 16.2. The summed E-state index contributed by atoms with van der Waals surface area (Å²) in [7, 11) is 0. The molecule has 0 aliphatic rings. The van der Waals surface area contributed by atoms with Crippen LogP contribution in [-0.4, -0.2) is 23.9 Å². The summed E-state index contributed by atoms with van der Waals surface area (Å²) >= 11 is 0. The molecule has 100 valence electrons. The molecule has 0 radical (unpaired) electrons. The van der Waals surface area contributed by atoms with Crippen molar-refractivity contribution < 1.29 is 4.79 Å². The van der Waals surface area contributed by atoms with Gasteiger partial charge in [-0.3, -0.25) is 4.79 Å². The van der Waals surface area contributed by atoms with Crippen molar-refractivity contribution in [2.24, 2.45) is 0 Å². The van der Waals surface area contributed by atoms with E-state index in [9.17, 15) is 4.79 Å². The molecule has 0 bridgehead atoms. The molecular formula is C16H25NO. The van der Waals surface area contributed by atoms with Gasteiger partial charge in [0.1, 0.15) is 0 Å². The Balaban J connectivity index is 2.83. The SMILES string of the molecule is CCCN(CCC)C(=O)[C@H](CC)c1ccccc1. The molecule has 1 aromatic carbocycles. The molecule has 0 N–H and O–H groups in total. The van der Waals surface area contributed by atoms with Gasteiger partial charge in [-0.2, -0.15) is 0 Å². The van der Waals surface area contributed by atoms with Crippen molar-refractivity contribution >= 4 is 5.91 Å². The number of benzene rings is 1. The van der Waals surface area contributed by atoms with Gasteiger partial charge in [-0.15, -0.1) is 0 Å². The van der Waals surface area contributed by atoms with Crippen LogP contribution in [0.5, 0.6) is 0 Å². The zero-order valence-corrected chi connectivity index (χ0v) is 11.9. The number of hydrogen-bond acceptors (Lipinski definition) is 1. The van der Waals surface area contributed by atoms with E-state index in [0.29, 0.717) is 0 Å². The van der Waals surface area contributed by atoms with Gasteiger partial charge in [-0.1, -0.05) is 51.1 Å². The van der Waals surface area contributed by atoms with E-state index >= 15 is 0 Å². The minimum atomic E-state index is 0.0179. The summed E-state index contributed by atoms with van der Waals surface area (Å²) < 4.78 is 0. The lowest BCUT2D eigenvalue weighted by atomic mass is 9.95. The van der Waals surface area contributed by atoms with Crippen LogP contribution in [0.15, 0.2) is 30.3 Å². The predicted octanol–water partition coefficient (Wildman–Crippen LogP) is 3.83. The van der Waals surface area contributed by atoms with Crippen LogP contribution in [0, 0.1) is 0 Å². The van der Waals surface area contributed by atoms with Gasteiger partial charge >= 0.3 is 0 Å². The van der Waals surface area contributed by atoms with Crippen LogP contribution in [-0.2, 0) is 4.79 Å². The lowest BCUT2D eigenvalue weighted by molar-refractivity contribution is -0.133. The van der Waals surface area contributed by atoms with Crippen LogP contribution in [0.3, 0.4) is 0 Å². The minimum Gasteiger partial charge on any atom is -0.342 e. The number of carbonyl (C=O) groups excluding carboxylic acids is 1. The Bertz CT molecular complexity index is 341. The quantitative estimate of drug-likeness (QED) is 0.717. The summed E-state index contributed by atoms with van der Waals surface area (Å²) in [5, 5.41) is 0. The summed E-state index contributed by atoms with van der Waals surface area (Å²) in [5.74, 6) is 0.302. The van der Waals surface area contributed by atoms with Gasteiger partial charge in [0.2, 0.25) is 5.91 Å². The third-order valence-corrected chi connectivity index (χ3v) is 3.21. The Morgan fingerprint density at radius 2 is 1.61 bits per heavy atom. The van der Waals surface area contributed by atoms with E-state index in [1.807, 2.05) is 23.1 Å². The summed E-state index contributed by atoms with van der Waals surface area (Å²) in [4.78, 5) is 14.6. The van der Waals surface area contributed by atoms with E-state index in [4.69, 9.17) is 0 Å². The average Bonchev–Trinajstić information content (AvgIpc) is 2.40. The second-order valence-corrected chi connectivity index (χ2v) is 4.70. The molecule has 0 spiro atoms. The second-order valence-electron chi connectivity index (χ2n) is 4.70. The highest BCUT2D eigenvalue weighted by molar-refractivity contribution is 5.83. The fraction of sp³-hybridized carbons (Fsp3) is 0.562. The topological polar surface area (TPSA) is 20.3 Å². The first-order valence-corrected chi connectivity index (χ1v) is 7.08. The number of amides is 1. The van der Waals surface area contributed by atoms with Crippen LogP contribution in [0.2, 0.25) is 0 Å². The maximum atomic E-state index is 12.6. The van der Waals surface area contributed by atoms with Crippen molar-refractivity contribution in [1.82, 2.24) is 4.90 Å². The fourth-order valence-electron chi connectivity index (χ4n) is 2.33. The number of rotatable bonds is 7. The average molecular weight is 247 g/mol. The third-order valence-electron chi connectivity index (χ3n) is 3.21. The van der Waals surface area contributed by atoms with Crippen LogP contribution in [0.25, 0.3) is 0 Å². The Hall–Kier alpha value is -1.31. The van der Waals surface area contributed by atoms with Crippen LogP contribution in [0.4, 0.5) is 0 Å². The molecule has 1 aromatic rings. The standard InChI is InChI=1S/C16H25NO/c1-4-12-17(13-5-2)16(18)15(6-3)14-10-8-7-9-11-14/h7-11,15H,4-6,12-13H2,1-3H3/t15-/m1/s1. The first kappa shape index (κ1) is 14.7. The van der Waals surface area contributed by atoms with Gasteiger partial charge in [-0.05, 0) is 24.8 Å². The van der Waals surface area contributed by atoms with E-state index in [1.165, 1.54) is 0 Å². The monoisotopic (exact) mass is 247 g/mol. The largest absolute Gasteiger partial charge is 0.342 e. The molecule has 2 heteroatoms. The van der Waals surface area contributed by atoms with Crippen LogP contribution >= 0.6 is 0 Å². The van der Waals surface area contributed by atoms with Crippen LogP contribution < -0.4 is 0 Å². The first-order valence-electron chi connectivity index (χ1n) is 7.08. The van der Waals surface area contributed by atoms with E-state index in [2.05, 4.69) is 32.9 Å². The van der Waals surface area contributed by atoms with Crippen molar-refractivity contribution in [2.45, 2.75) is 46.0 Å². The lowest BCUT2D eigenvalue weighted by Gasteiger charge is -2.26. The summed E-state index contributed by atoms with van der Waals surface area (Å²) in [6.45, 7) is 8.08. The Morgan fingerprint density at radius 3 is 2.06 bits per heavy atom. The summed E-state index contributed by atoms with van der Waals surface area (Å²) in [6, 6.07) is 10.1. The Kier molecular flexibility index (Phi) is 6.48. The Labute approximate surface area is 111 Å². The van der Waals surface area contributed by atoms with E-state index in [1.54, 1.807) is 0 Å². The van der Waals surface area contributed by atoms with Crippen molar-refractivity contribution in [3.8, 4) is 0 Å². The molecule has 0 fully saturated rings. The second kappa shape index (κ2) is 7.91. The molecule has 0 heterocycles. The molecule has 0 unspecified atom stereocenters. The van der Waals surface area contributed by atoms with E-state index < -0.39 is 0 Å². The molecule has 2 nitrogen and oxygen atoms in total. The molecule has 18 heavy (non-hydrogen) atoms. The number of carbonyl (C=O) groups is 1. The van der Waals surface area contributed by atoms with Crippen LogP contribution in [0.1, 0.15) is 51.5 Å². The first-order chi connectivity index (χ1) is 8.74. The molecule has 1 rings (SSSR count). The molecule has 1 atom stereocenters. The minimum absolute atomic E-state index is 0.0179. The normalized spacial score (nSPS) is 12.2. The highest BCUT2D eigenvalue weighted by Crippen LogP contribution is 2.22. The Morgan fingerprint density at radius 1 is 1.06 bits per heavy atom. The van der Waals surface area contributed by atoms with Crippen molar-refractivity contribution in [2.75, 3.05) is 13.1 Å². The molecular weight excluding hydrogens is 222 g/mol. The van der Waals surface area contributed by atoms with Gasteiger partial charge < -0.3 is 4.90 Å². The highest BCUT2D eigenvalue weighted by Gasteiger charge is 2.23. The predicted molar refractivity (Wildman–Crippen MR) is 76.6 cm³/mol. The van der Waals surface area contributed by atoms with Crippen molar-refractivity contribution in [1.29, 1.82) is 0 Å². The third kappa shape index (κ3) is 3.86. The van der Waals surface area contributed by atoms with Gasteiger partial charge in [0, 0.05) is 13.1 Å². The van der Waals surface area contributed by atoms with Crippen molar-refractivity contribution in [3.05, 3.63) is 35.9 Å². The van der Waals surface area contributed by atoms with Gasteiger partial charge in [0.15, 0.2) is 0 Å². The summed E-state index contributed by atoms with van der Waals surface area (Å²) in [6.07, 6.45) is 2.92. The summed E-state index contributed by atoms with van der Waals surface area (Å²) in [5.41, 5.74) is 1.14. The van der Waals surface area contributed by atoms with E-state index in [-0.39, 0.29) is 11.8 Å². The molecule has 0 saturated heterocycles. The molecule has 1 amide bonds. The molecule has 0 saturated carbocycles. The fourth-order valence-corrected chi connectivity index (χ4v) is 2.33. The maximum Gasteiger partial charge on any atom is 0.230 e. The van der Waals surface area contributed by atoms with Crippen molar-refractivity contribution in [3.63, 3.8) is 0 Å². The maximum absolute atomic E-state index is 12.6. The van der Waals surface area contributed by atoms with Gasteiger partial charge in [0.25, 0.3) is 0 Å². The zero-order valence-electron chi connectivity index (χ0n) is 11.9. The molecule has 0 aliphatic carbocycles. The van der Waals surface area contributed by atoms with E-state index in [0.717, 1.165) is 37.9 Å².